The van der Waals surface area contributed by atoms with Crippen molar-refractivity contribution in [2.24, 2.45) is 0 Å². The van der Waals surface area contributed by atoms with Crippen molar-refractivity contribution in [1.82, 2.24) is 9.29 Å². The molecule has 0 N–H and O–H groups in total. The zero-order valence-corrected chi connectivity index (χ0v) is 12.8. The Hall–Kier alpha value is -1.72. The molecule has 1 aromatic carbocycles. The molecule has 0 radical (unpaired) electrons. The highest BCUT2D eigenvalue weighted by Crippen LogP contribution is 2.36. The van der Waals surface area contributed by atoms with Crippen LogP contribution in [0.4, 0.5) is 0 Å². The van der Waals surface area contributed by atoms with Crippen molar-refractivity contribution in [2.75, 3.05) is 12.3 Å². The van der Waals surface area contributed by atoms with Crippen molar-refractivity contribution in [2.45, 2.75) is 19.4 Å². The van der Waals surface area contributed by atoms with Gasteiger partial charge in [-0.15, -0.1) is 0 Å². The molecule has 0 spiro atoms. The molecule has 5 heteroatoms. The average Bonchev–Trinajstić information content (AvgIpc) is 2.54. The molecule has 0 bridgehead atoms. The van der Waals surface area contributed by atoms with Crippen LogP contribution in [0.3, 0.4) is 0 Å². The molecule has 0 amide bonds. The van der Waals surface area contributed by atoms with Gasteiger partial charge in [-0.3, -0.25) is 4.98 Å². The van der Waals surface area contributed by atoms with Crippen molar-refractivity contribution < 1.29 is 8.42 Å². The van der Waals surface area contributed by atoms with Gasteiger partial charge in [0.25, 0.3) is 0 Å². The van der Waals surface area contributed by atoms with Crippen LogP contribution in [0.25, 0.3) is 0 Å². The van der Waals surface area contributed by atoms with Crippen LogP contribution >= 0.6 is 0 Å². The first-order valence-electron chi connectivity index (χ1n) is 7.10. The lowest BCUT2D eigenvalue weighted by Gasteiger charge is -2.36. The van der Waals surface area contributed by atoms with Gasteiger partial charge < -0.3 is 0 Å². The van der Waals surface area contributed by atoms with Gasteiger partial charge in [-0.05, 0) is 36.1 Å². The molecule has 2 heterocycles. The molecule has 1 aliphatic rings. The molecular formula is C16H18N2O2S. The summed E-state index contributed by atoms with van der Waals surface area (Å²) in [5.74, 6) is 0.117. The third-order valence-electron chi connectivity index (χ3n) is 3.96. The molecule has 0 aliphatic carbocycles. The lowest BCUT2D eigenvalue weighted by Crippen LogP contribution is -2.41. The van der Waals surface area contributed by atoms with Gasteiger partial charge >= 0.3 is 0 Å². The van der Waals surface area contributed by atoms with E-state index in [1.54, 1.807) is 23.6 Å². The van der Waals surface area contributed by atoms with Gasteiger partial charge in [0, 0.05) is 18.9 Å². The number of fused-ring (bicyclic) bond motifs is 1. The Bertz CT molecular complexity index is 729. The quantitative estimate of drug-likeness (QED) is 0.874. The van der Waals surface area contributed by atoms with Gasteiger partial charge in [0.2, 0.25) is 10.0 Å². The van der Waals surface area contributed by atoms with E-state index in [0.717, 1.165) is 17.5 Å². The number of rotatable bonds is 3. The molecule has 1 unspecified atom stereocenters. The SMILES string of the molecule is CCS(=O)(=O)N1CCc2ccccc2C1c1cccnc1. The third-order valence-corrected chi connectivity index (χ3v) is 5.80. The highest BCUT2D eigenvalue weighted by atomic mass is 32.2. The summed E-state index contributed by atoms with van der Waals surface area (Å²) in [5, 5.41) is 0. The van der Waals surface area contributed by atoms with E-state index >= 15 is 0 Å². The number of hydrogen-bond donors (Lipinski definition) is 0. The predicted molar refractivity (Wildman–Crippen MR) is 82.4 cm³/mol. The zero-order valence-electron chi connectivity index (χ0n) is 11.9. The summed E-state index contributed by atoms with van der Waals surface area (Å²) >= 11 is 0. The highest BCUT2D eigenvalue weighted by molar-refractivity contribution is 7.89. The Morgan fingerprint density at radius 3 is 2.76 bits per heavy atom. The fraction of sp³-hybridized carbons (Fsp3) is 0.312. The molecule has 110 valence electrons. The van der Waals surface area contributed by atoms with Crippen LogP contribution in [0.2, 0.25) is 0 Å². The lowest BCUT2D eigenvalue weighted by molar-refractivity contribution is 0.344. The van der Waals surface area contributed by atoms with Crippen molar-refractivity contribution in [3.05, 3.63) is 65.5 Å². The Balaban J connectivity index is 2.16. The predicted octanol–water partition coefficient (Wildman–Crippen LogP) is 2.38. The van der Waals surface area contributed by atoms with Crippen molar-refractivity contribution >= 4 is 10.0 Å². The number of aromatic nitrogens is 1. The normalized spacial score (nSPS) is 19.2. The largest absolute Gasteiger partial charge is 0.264 e. The number of sulfonamides is 1. The fourth-order valence-corrected chi connectivity index (χ4v) is 4.15. The first-order valence-corrected chi connectivity index (χ1v) is 8.71. The van der Waals surface area contributed by atoms with E-state index in [2.05, 4.69) is 11.1 Å². The summed E-state index contributed by atoms with van der Waals surface area (Å²) in [5.41, 5.74) is 3.20. The van der Waals surface area contributed by atoms with Crippen molar-refractivity contribution in [3.8, 4) is 0 Å². The van der Waals surface area contributed by atoms with Gasteiger partial charge in [0.05, 0.1) is 11.8 Å². The van der Waals surface area contributed by atoms with E-state index < -0.39 is 10.0 Å². The van der Waals surface area contributed by atoms with Crippen LogP contribution in [0.15, 0.2) is 48.8 Å². The Kier molecular flexibility index (Phi) is 3.78. The van der Waals surface area contributed by atoms with Crippen LogP contribution in [-0.2, 0) is 16.4 Å². The fourth-order valence-electron chi connectivity index (χ4n) is 2.89. The van der Waals surface area contributed by atoms with Crippen LogP contribution in [0.5, 0.6) is 0 Å². The molecule has 21 heavy (non-hydrogen) atoms. The van der Waals surface area contributed by atoms with E-state index in [9.17, 15) is 8.42 Å². The van der Waals surface area contributed by atoms with Crippen LogP contribution in [0, 0.1) is 0 Å². The second-order valence-corrected chi connectivity index (χ2v) is 7.36. The third kappa shape index (κ3) is 2.59. The van der Waals surface area contributed by atoms with Crippen molar-refractivity contribution in [3.63, 3.8) is 0 Å². The number of benzene rings is 1. The molecule has 4 nitrogen and oxygen atoms in total. The molecule has 3 rings (SSSR count). The van der Waals surface area contributed by atoms with Crippen LogP contribution < -0.4 is 0 Å². The number of pyridine rings is 1. The zero-order chi connectivity index (χ0) is 14.9. The first kappa shape index (κ1) is 14.2. The maximum absolute atomic E-state index is 12.5. The monoisotopic (exact) mass is 302 g/mol. The maximum atomic E-state index is 12.5. The molecule has 1 aromatic heterocycles. The topological polar surface area (TPSA) is 50.3 Å². The molecule has 1 atom stereocenters. The molecule has 0 fully saturated rings. The summed E-state index contributed by atoms with van der Waals surface area (Å²) in [6, 6.07) is 11.6. The van der Waals surface area contributed by atoms with E-state index in [-0.39, 0.29) is 11.8 Å². The van der Waals surface area contributed by atoms with Crippen molar-refractivity contribution in [1.29, 1.82) is 0 Å². The van der Waals surface area contributed by atoms with E-state index in [0.29, 0.717) is 6.54 Å². The van der Waals surface area contributed by atoms with Gasteiger partial charge in [-0.1, -0.05) is 30.3 Å². The van der Waals surface area contributed by atoms with E-state index in [4.69, 9.17) is 0 Å². The molecule has 1 aliphatic heterocycles. The summed E-state index contributed by atoms with van der Waals surface area (Å²) in [7, 11) is -3.26. The minimum absolute atomic E-state index is 0.117. The molecule has 0 saturated heterocycles. The Labute approximate surface area is 125 Å². The lowest BCUT2D eigenvalue weighted by atomic mass is 9.91. The van der Waals surface area contributed by atoms with Crippen LogP contribution in [0.1, 0.15) is 29.7 Å². The Morgan fingerprint density at radius 1 is 1.24 bits per heavy atom. The summed E-state index contributed by atoms with van der Waals surface area (Å²) in [4.78, 5) is 4.15. The summed E-state index contributed by atoms with van der Waals surface area (Å²) in [6.07, 6.45) is 4.22. The smallest absolute Gasteiger partial charge is 0.214 e. The highest BCUT2D eigenvalue weighted by Gasteiger charge is 2.35. The minimum atomic E-state index is -3.26. The first-order chi connectivity index (χ1) is 10.1. The standard InChI is InChI=1S/C16H18N2O2S/c1-2-21(19,20)18-11-9-13-6-3-4-8-15(13)16(18)14-7-5-10-17-12-14/h3-8,10,12,16H,2,9,11H2,1H3. The molecular weight excluding hydrogens is 284 g/mol. The van der Waals surface area contributed by atoms with Crippen LogP contribution in [-0.4, -0.2) is 30.0 Å². The average molecular weight is 302 g/mol. The number of nitrogens with zero attached hydrogens (tertiary/aromatic N) is 2. The van der Waals surface area contributed by atoms with Gasteiger partial charge in [0.1, 0.15) is 0 Å². The second kappa shape index (κ2) is 5.58. The minimum Gasteiger partial charge on any atom is -0.264 e. The molecule has 0 saturated carbocycles. The summed E-state index contributed by atoms with van der Waals surface area (Å²) in [6.45, 7) is 2.21. The second-order valence-electron chi connectivity index (χ2n) is 5.15. The van der Waals surface area contributed by atoms with E-state index in [1.807, 2.05) is 30.3 Å². The van der Waals surface area contributed by atoms with Gasteiger partial charge in [0.15, 0.2) is 0 Å². The summed E-state index contributed by atoms with van der Waals surface area (Å²) < 4.78 is 26.5. The van der Waals surface area contributed by atoms with Gasteiger partial charge in [-0.25, -0.2) is 8.42 Å². The number of hydrogen-bond acceptors (Lipinski definition) is 3. The van der Waals surface area contributed by atoms with E-state index in [1.165, 1.54) is 5.56 Å². The Morgan fingerprint density at radius 2 is 2.05 bits per heavy atom. The molecule has 2 aromatic rings. The van der Waals surface area contributed by atoms with Gasteiger partial charge in [-0.2, -0.15) is 4.31 Å². The maximum Gasteiger partial charge on any atom is 0.214 e.